The second-order valence-electron chi connectivity index (χ2n) is 5.01. The van der Waals surface area contributed by atoms with Crippen molar-refractivity contribution in [1.29, 1.82) is 0 Å². The number of thioether (sulfide) groups is 1. The van der Waals surface area contributed by atoms with Gasteiger partial charge in [-0.2, -0.15) is 11.8 Å². The number of amides is 1. The van der Waals surface area contributed by atoms with Crippen molar-refractivity contribution in [2.45, 2.75) is 18.6 Å². The minimum atomic E-state index is -0.279. The van der Waals surface area contributed by atoms with Crippen LogP contribution >= 0.6 is 24.2 Å². The SMILES string of the molecule is COC(CNC(=O)CC1CSCCN1)c1ccc(F)cc1.Cl. The Balaban J connectivity index is 0.00000242. The Labute approximate surface area is 141 Å². The third kappa shape index (κ3) is 6.12. The summed E-state index contributed by atoms with van der Waals surface area (Å²) in [7, 11) is 1.58. The van der Waals surface area contributed by atoms with Crippen LogP contribution in [0, 0.1) is 5.82 Å². The highest BCUT2D eigenvalue weighted by atomic mass is 35.5. The Morgan fingerprint density at radius 2 is 2.23 bits per heavy atom. The lowest BCUT2D eigenvalue weighted by Crippen LogP contribution is -2.42. The van der Waals surface area contributed by atoms with Gasteiger partial charge in [-0.15, -0.1) is 12.4 Å². The van der Waals surface area contributed by atoms with Gasteiger partial charge in [-0.05, 0) is 17.7 Å². The zero-order chi connectivity index (χ0) is 15.1. The first-order valence-corrected chi connectivity index (χ1v) is 8.20. The second-order valence-corrected chi connectivity index (χ2v) is 6.16. The predicted octanol–water partition coefficient (Wildman–Crippen LogP) is 2.15. The molecule has 0 aliphatic carbocycles. The van der Waals surface area contributed by atoms with Crippen LogP contribution in [0.2, 0.25) is 0 Å². The van der Waals surface area contributed by atoms with E-state index in [-0.39, 0.29) is 36.3 Å². The Morgan fingerprint density at radius 1 is 1.50 bits per heavy atom. The fourth-order valence-corrected chi connectivity index (χ4v) is 3.22. The van der Waals surface area contributed by atoms with Gasteiger partial charge in [0.2, 0.25) is 5.91 Å². The smallest absolute Gasteiger partial charge is 0.221 e. The first-order chi connectivity index (χ1) is 10.2. The highest BCUT2D eigenvalue weighted by Gasteiger charge is 2.18. The summed E-state index contributed by atoms with van der Waals surface area (Å²) in [5, 5.41) is 6.22. The highest BCUT2D eigenvalue weighted by Crippen LogP contribution is 2.16. The molecule has 0 aromatic heterocycles. The summed E-state index contributed by atoms with van der Waals surface area (Å²) in [4.78, 5) is 11.9. The number of nitrogens with one attached hydrogen (secondary N) is 2. The lowest BCUT2D eigenvalue weighted by Gasteiger charge is -2.23. The lowest BCUT2D eigenvalue weighted by atomic mass is 10.1. The molecule has 22 heavy (non-hydrogen) atoms. The summed E-state index contributed by atoms with van der Waals surface area (Å²) >= 11 is 1.87. The van der Waals surface area contributed by atoms with Crippen LogP contribution in [0.15, 0.2) is 24.3 Å². The molecule has 1 aliphatic rings. The van der Waals surface area contributed by atoms with Gasteiger partial charge in [0.05, 0.1) is 6.10 Å². The molecule has 7 heteroatoms. The van der Waals surface area contributed by atoms with Crippen molar-refractivity contribution in [3.8, 4) is 0 Å². The Kier molecular flexibility index (Phi) is 8.78. The van der Waals surface area contributed by atoms with Crippen molar-refractivity contribution in [1.82, 2.24) is 10.6 Å². The number of hydrogen-bond acceptors (Lipinski definition) is 4. The molecule has 1 amide bonds. The van der Waals surface area contributed by atoms with Gasteiger partial charge in [0.25, 0.3) is 0 Å². The van der Waals surface area contributed by atoms with E-state index in [0.29, 0.717) is 13.0 Å². The van der Waals surface area contributed by atoms with E-state index in [2.05, 4.69) is 10.6 Å². The van der Waals surface area contributed by atoms with E-state index >= 15 is 0 Å². The second kappa shape index (κ2) is 10.0. The molecular formula is C15H22ClFN2O2S. The minimum absolute atomic E-state index is 0. The van der Waals surface area contributed by atoms with Gasteiger partial charge in [-0.25, -0.2) is 4.39 Å². The molecule has 2 unspecified atom stereocenters. The molecule has 0 spiro atoms. The zero-order valence-electron chi connectivity index (χ0n) is 12.5. The molecule has 4 nitrogen and oxygen atoms in total. The van der Waals surface area contributed by atoms with Crippen molar-refractivity contribution in [2.24, 2.45) is 0 Å². The molecular weight excluding hydrogens is 327 g/mol. The van der Waals surface area contributed by atoms with Gasteiger partial charge in [0.15, 0.2) is 0 Å². The van der Waals surface area contributed by atoms with Crippen molar-refractivity contribution in [3.63, 3.8) is 0 Å². The third-order valence-electron chi connectivity index (χ3n) is 3.44. The van der Waals surface area contributed by atoms with Gasteiger partial charge >= 0.3 is 0 Å². The van der Waals surface area contributed by atoms with Crippen LogP contribution in [0.5, 0.6) is 0 Å². The molecule has 1 aliphatic heterocycles. The van der Waals surface area contributed by atoms with Crippen LogP contribution in [0.25, 0.3) is 0 Å². The monoisotopic (exact) mass is 348 g/mol. The molecule has 2 rings (SSSR count). The molecule has 124 valence electrons. The molecule has 1 aromatic carbocycles. The Hall–Kier alpha value is -0.820. The van der Waals surface area contributed by atoms with E-state index < -0.39 is 0 Å². The largest absolute Gasteiger partial charge is 0.375 e. The first-order valence-electron chi connectivity index (χ1n) is 7.05. The maximum atomic E-state index is 12.9. The standard InChI is InChI=1S/C15H21FN2O2S.ClH/c1-20-14(11-2-4-12(16)5-3-11)9-18-15(19)8-13-10-21-7-6-17-13;/h2-5,13-14,17H,6-10H2,1H3,(H,18,19);1H. The van der Waals surface area contributed by atoms with E-state index in [1.807, 2.05) is 11.8 Å². The van der Waals surface area contributed by atoms with Gasteiger partial charge in [0.1, 0.15) is 5.82 Å². The highest BCUT2D eigenvalue weighted by molar-refractivity contribution is 7.99. The zero-order valence-corrected chi connectivity index (χ0v) is 14.1. The van der Waals surface area contributed by atoms with Crippen molar-refractivity contribution >= 4 is 30.1 Å². The molecule has 1 aromatic rings. The lowest BCUT2D eigenvalue weighted by molar-refractivity contribution is -0.122. The van der Waals surface area contributed by atoms with E-state index in [4.69, 9.17) is 4.74 Å². The molecule has 0 radical (unpaired) electrons. The summed E-state index contributed by atoms with van der Waals surface area (Å²) in [6, 6.07) is 6.39. The number of hydrogen-bond donors (Lipinski definition) is 2. The minimum Gasteiger partial charge on any atom is -0.375 e. The molecule has 1 fully saturated rings. The Morgan fingerprint density at radius 3 is 2.82 bits per heavy atom. The summed E-state index contributed by atoms with van der Waals surface area (Å²) in [5.74, 6) is 1.81. The normalized spacial score (nSPS) is 19.1. The van der Waals surface area contributed by atoms with E-state index in [9.17, 15) is 9.18 Å². The molecule has 0 saturated carbocycles. The fraction of sp³-hybridized carbons (Fsp3) is 0.533. The summed E-state index contributed by atoms with van der Waals surface area (Å²) in [6.07, 6.45) is 0.218. The number of benzene rings is 1. The average Bonchev–Trinajstić information content (AvgIpc) is 2.50. The van der Waals surface area contributed by atoms with Gasteiger partial charge in [-0.3, -0.25) is 4.79 Å². The number of carbonyl (C=O) groups excluding carboxylic acids is 1. The average molecular weight is 349 g/mol. The molecule has 1 heterocycles. The van der Waals surface area contributed by atoms with E-state index in [0.717, 1.165) is 23.6 Å². The van der Waals surface area contributed by atoms with Crippen LogP contribution in [0.4, 0.5) is 4.39 Å². The summed E-state index contributed by atoms with van der Waals surface area (Å²) < 4.78 is 18.3. The van der Waals surface area contributed by atoms with Crippen LogP contribution in [0.1, 0.15) is 18.1 Å². The summed E-state index contributed by atoms with van der Waals surface area (Å²) in [6.45, 7) is 1.35. The topological polar surface area (TPSA) is 50.4 Å². The van der Waals surface area contributed by atoms with Crippen molar-refractivity contribution in [3.05, 3.63) is 35.6 Å². The summed E-state index contributed by atoms with van der Waals surface area (Å²) in [5.41, 5.74) is 0.852. The number of rotatable bonds is 6. The molecule has 2 N–H and O–H groups in total. The molecule has 2 atom stereocenters. The predicted molar refractivity (Wildman–Crippen MR) is 90.1 cm³/mol. The Bertz CT molecular complexity index is 455. The van der Waals surface area contributed by atoms with Crippen LogP contribution in [-0.2, 0) is 9.53 Å². The molecule has 1 saturated heterocycles. The number of carbonyl (C=O) groups is 1. The van der Waals surface area contributed by atoms with Crippen molar-refractivity contribution in [2.75, 3.05) is 31.7 Å². The van der Waals surface area contributed by atoms with E-state index in [1.54, 1.807) is 19.2 Å². The van der Waals surface area contributed by atoms with Crippen molar-refractivity contribution < 1.29 is 13.9 Å². The maximum absolute atomic E-state index is 12.9. The van der Waals surface area contributed by atoms with E-state index in [1.165, 1.54) is 12.1 Å². The molecule has 0 bridgehead atoms. The quantitative estimate of drug-likeness (QED) is 0.827. The van der Waals surface area contributed by atoms with Gasteiger partial charge in [0, 0.05) is 44.2 Å². The third-order valence-corrected chi connectivity index (χ3v) is 4.57. The number of methoxy groups -OCH3 is 1. The number of halogens is 2. The first kappa shape index (κ1) is 19.2. The van der Waals surface area contributed by atoms with Gasteiger partial charge in [-0.1, -0.05) is 12.1 Å². The number of ether oxygens (including phenoxy) is 1. The maximum Gasteiger partial charge on any atom is 0.221 e. The van der Waals surface area contributed by atoms with Gasteiger partial charge < -0.3 is 15.4 Å². The van der Waals surface area contributed by atoms with Crippen LogP contribution < -0.4 is 10.6 Å². The fourth-order valence-electron chi connectivity index (χ4n) is 2.27. The van der Waals surface area contributed by atoms with Crippen LogP contribution in [0.3, 0.4) is 0 Å². The van der Waals surface area contributed by atoms with Crippen LogP contribution in [-0.4, -0.2) is 43.7 Å².